The Kier molecular flexibility index (Phi) is 4.60. The van der Waals surface area contributed by atoms with E-state index >= 15 is 0 Å². The van der Waals surface area contributed by atoms with E-state index in [-0.39, 0.29) is 33.3 Å². The van der Waals surface area contributed by atoms with Gasteiger partial charge < -0.3 is 9.15 Å². The Hall–Kier alpha value is -2.30. The lowest BCUT2D eigenvalue weighted by Crippen LogP contribution is -2.11. The molecule has 0 aliphatic carbocycles. The predicted molar refractivity (Wildman–Crippen MR) is 93.9 cm³/mol. The first-order chi connectivity index (χ1) is 11.5. The second-order valence-electron chi connectivity index (χ2n) is 5.02. The van der Waals surface area contributed by atoms with Crippen LogP contribution in [0.5, 0.6) is 0 Å². The summed E-state index contributed by atoms with van der Waals surface area (Å²) in [5.74, 6) is -0.607. The van der Waals surface area contributed by atoms with E-state index in [2.05, 4.69) is 0 Å². The minimum Gasteiger partial charge on any atom is -0.462 e. The number of hydrogen-bond donors (Lipinski definition) is 0. The van der Waals surface area contributed by atoms with E-state index in [4.69, 9.17) is 32.4 Å². The molecule has 0 saturated carbocycles. The zero-order chi connectivity index (χ0) is 17.3. The largest absolute Gasteiger partial charge is 0.462 e. The van der Waals surface area contributed by atoms with Gasteiger partial charge in [0.05, 0.1) is 22.8 Å². The number of esters is 1. The summed E-state index contributed by atoms with van der Waals surface area (Å²) in [6.45, 7) is 1.88. The first-order valence-corrected chi connectivity index (χ1v) is 7.96. The molecule has 0 atom stereocenters. The first-order valence-electron chi connectivity index (χ1n) is 7.20. The standard InChI is InChI=1S/C18H12Cl2O4/c1-2-23-17(21)13-8-11(19)9-14(20)16(13)12-7-10-5-3-4-6-15(10)24-18(12)22/h3-9H,2H2,1H3. The van der Waals surface area contributed by atoms with Crippen LogP contribution in [0.3, 0.4) is 0 Å². The normalized spacial score (nSPS) is 10.8. The summed E-state index contributed by atoms with van der Waals surface area (Å²) in [4.78, 5) is 24.6. The monoisotopic (exact) mass is 362 g/mol. The Balaban J connectivity index is 2.31. The molecule has 6 heteroatoms. The van der Waals surface area contributed by atoms with Crippen LogP contribution in [-0.2, 0) is 4.74 Å². The highest BCUT2D eigenvalue weighted by molar-refractivity contribution is 6.37. The van der Waals surface area contributed by atoms with Crippen molar-refractivity contribution >= 4 is 40.1 Å². The van der Waals surface area contributed by atoms with Crippen LogP contribution >= 0.6 is 23.2 Å². The zero-order valence-electron chi connectivity index (χ0n) is 12.6. The molecule has 0 amide bonds. The second-order valence-corrected chi connectivity index (χ2v) is 5.86. The van der Waals surface area contributed by atoms with Crippen LogP contribution in [0.4, 0.5) is 0 Å². The molecule has 4 nitrogen and oxygen atoms in total. The van der Waals surface area contributed by atoms with Crippen LogP contribution < -0.4 is 5.63 Å². The van der Waals surface area contributed by atoms with E-state index in [1.165, 1.54) is 12.1 Å². The summed E-state index contributed by atoms with van der Waals surface area (Å²) >= 11 is 12.3. The van der Waals surface area contributed by atoms with Crippen LogP contribution in [0.1, 0.15) is 17.3 Å². The molecular weight excluding hydrogens is 351 g/mol. The van der Waals surface area contributed by atoms with Crippen LogP contribution in [0, 0.1) is 0 Å². The van der Waals surface area contributed by atoms with Crippen molar-refractivity contribution < 1.29 is 13.9 Å². The Bertz CT molecular complexity index is 992. The Morgan fingerprint density at radius 2 is 1.92 bits per heavy atom. The molecule has 0 fully saturated rings. The van der Waals surface area contributed by atoms with E-state index in [9.17, 15) is 9.59 Å². The van der Waals surface area contributed by atoms with Gasteiger partial charge in [-0.05, 0) is 31.2 Å². The van der Waals surface area contributed by atoms with Crippen molar-refractivity contribution in [3.05, 3.63) is 68.5 Å². The van der Waals surface area contributed by atoms with Gasteiger partial charge in [0, 0.05) is 16.0 Å². The number of rotatable bonds is 3. The molecule has 2 aromatic carbocycles. The third-order valence-corrected chi connectivity index (χ3v) is 3.98. The van der Waals surface area contributed by atoms with E-state index in [0.717, 1.165) is 0 Å². The fourth-order valence-corrected chi connectivity index (χ4v) is 3.05. The molecule has 3 rings (SSSR count). The zero-order valence-corrected chi connectivity index (χ0v) is 14.1. The van der Waals surface area contributed by atoms with Crippen LogP contribution in [-0.4, -0.2) is 12.6 Å². The average Bonchev–Trinajstić information content (AvgIpc) is 2.54. The summed E-state index contributed by atoms with van der Waals surface area (Å²) in [5, 5.41) is 1.16. The first kappa shape index (κ1) is 16.6. The smallest absolute Gasteiger partial charge is 0.344 e. The lowest BCUT2D eigenvalue weighted by molar-refractivity contribution is 0.0527. The van der Waals surface area contributed by atoms with Gasteiger partial charge in [0.15, 0.2) is 0 Å². The molecule has 0 aliphatic heterocycles. The van der Waals surface area contributed by atoms with Crippen LogP contribution in [0.2, 0.25) is 10.0 Å². The van der Waals surface area contributed by atoms with E-state index in [1.54, 1.807) is 31.2 Å². The number of carbonyl (C=O) groups is 1. The van der Waals surface area contributed by atoms with E-state index < -0.39 is 11.6 Å². The molecule has 24 heavy (non-hydrogen) atoms. The molecule has 3 aromatic rings. The molecule has 0 bridgehead atoms. The molecular formula is C18H12Cl2O4. The number of para-hydroxylation sites is 1. The highest BCUT2D eigenvalue weighted by Gasteiger charge is 2.21. The second kappa shape index (κ2) is 6.67. The van der Waals surface area contributed by atoms with Gasteiger partial charge in [-0.3, -0.25) is 0 Å². The Morgan fingerprint density at radius 3 is 2.67 bits per heavy atom. The summed E-state index contributed by atoms with van der Waals surface area (Å²) in [5.41, 5.74) is 0.409. The molecule has 0 spiro atoms. The maximum absolute atomic E-state index is 12.4. The number of carbonyl (C=O) groups excluding carboxylic acids is 1. The Morgan fingerprint density at radius 1 is 1.17 bits per heavy atom. The molecule has 0 N–H and O–H groups in total. The molecule has 1 aromatic heterocycles. The third kappa shape index (κ3) is 3.03. The number of hydrogen-bond acceptors (Lipinski definition) is 4. The van der Waals surface area contributed by atoms with Crippen molar-refractivity contribution in [2.45, 2.75) is 6.92 Å². The summed E-state index contributed by atoms with van der Waals surface area (Å²) in [6, 6.07) is 11.6. The van der Waals surface area contributed by atoms with Gasteiger partial charge >= 0.3 is 11.6 Å². The summed E-state index contributed by atoms with van der Waals surface area (Å²) in [7, 11) is 0. The highest BCUT2D eigenvalue weighted by Crippen LogP contribution is 2.34. The van der Waals surface area contributed by atoms with E-state index in [1.807, 2.05) is 6.07 Å². The van der Waals surface area contributed by atoms with Gasteiger partial charge in [0.1, 0.15) is 5.58 Å². The predicted octanol–water partition coefficient (Wildman–Crippen LogP) is 4.94. The summed E-state index contributed by atoms with van der Waals surface area (Å²) in [6.07, 6.45) is 0. The maximum Gasteiger partial charge on any atom is 0.344 e. The fourth-order valence-electron chi connectivity index (χ4n) is 2.45. The molecule has 0 saturated heterocycles. The number of fused-ring (bicyclic) bond motifs is 1. The van der Waals surface area contributed by atoms with Crippen LogP contribution in [0.25, 0.3) is 22.1 Å². The highest BCUT2D eigenvalue weighted by atomic mass is 35.5. The minimum absolute atomic E-state index is 0.122. The van der Waals surface area contributed by atoms with Crippen LogP contribution in [0.15, 0.2) is 51.7 Å². The summed E-state index contributed by atoms with van der Waals surface area (Å²) < 4.78 is 10.4. The van der Waals surface area contributed by atoms with Crippen molar-refractivity contribution in [1.82, 2.24) is 0 Å². The SMILES string of the molecule is CCOC(=O)c1cc(Cl)cc(Cl)c1-c1cc2ccccc2oc1=O. The fraction of sp³-hybridized carbons (Fsp3) is 0.111. The Labute approximate surface area is 147 Å². The number of benzene rings is 2. The maximum atomic E-state index is 12.4. The average molecular weight is 363 g/mol. The van der Waals surface area contributed by atoms with Crippen molar-refractivity contribution in [2.75, 3.05) is 6.61 Å². The lowest BCUT2D eigenvalue weighted by Gasteiger charge is -2.11. The molecule has 122 valence electrons. The van der Waals surface area contributed by atoms with Gasteiger partial charge in [-0.2, -0.15) is 0 Å². The van der Waals surface area contributed by atoms with Gasteiger partial charge in [-0.25, -0.2) is 9.59 Å². The molecule has 0 aliphatic rings. The number of ether oxygens (including phenoxy) is 1. The van der Waals surface area contributed by atoms with Gasteiger partial charge in [-0.15, -0.1) is 0 Å². The van der Waals surface area contributed by atoms with Crippen molar-refractivity contribution in [2.24, 2.45) is 0 Å². The van der Waals surface area contributed by atoms with E-state index in [0.29, 0.717) is 11.0 Å². The number of halogens is 2. The lowest BCUT2D eigenvalue weighted by atomic mass is 10.00. The van der Waals surface area contributed by atoms with Crippen molar-refractivity contribution in [1.29, 1.82) is 0 Å². The minimum atomic E-state index is -0.607. The van der Waals surface area contributed by atoms with Crippen molar-refractivity contribution in [3.63, 3.8) is 0 Å². The van der Waals surface area contributed by atoms with Gasteiger partial charge in [-0.1, -0.05) is 41.4 Å². The van der Waals surface area contributed by atoms with Crippen molar-refractivity contribution in [3.8, 4) is 11.1 Å². The molecule has 1 heterocycles. The third-order valence-electron chi connectivity index (χ3n) is 3.46. The molecule has 0 unspecified atom stereocenters. The molecule has 0 radical (unpaired) electrons. The van der Waals surface area contributed by atoms with Gasteiger partial charge in [0.25, 0.3) is 0 Å². The topological polar surface area (TPSA) is 56.5 Å². The quantitative estimate of drug-likeness (QED) is 0.488. The van der Waals surface area contributed by atoms with Gasteiger partial charge in [0.2, 0.25) is 0 Å².